The highest BCUT2D eigenvalue weighted by atomic mass is 16.5. The number of allylic oxidation sites excluding steroid dienone is 1. The highest BCUT2D eigenvalue weighted by Crippen LogP contribution is 2.17. The van der Waals surface area contributed by atoms with Crippen LogP contribution in [0.5, 0.6) is 5.75 Å². The number of hydrogen-bond acceptors (Lipinski definition) is 1. The molecule has 1 heteroatoms. The standard InChI is InChI=1S/C15H22O/c1-4-5-6-8-13(2)11-14-9-7-10-15(12-14)16-3/h7,9-12H,4-6,8H2,1-3H3/b13-11+. The molecule has 0 N–H and O–H groups in total. The summed E-state index contributed by atoms with van der Waals surface area (Å²) in [7, 11) is 1.71. The van der Waals surface area contributed by atoms with E-state index in [0.29, 0.717) is 0 Å². The highest BCUT2D eigenvalue weighted by molar-refractivity contribution is 5.54. The second kappa shape index (κ2) is 7.10. The van der Waals surface area contributed by atoms with Crippen molar-refractivity contribution in [2.45, 2.75) is 39.5 Å². The van der Waals surface area contributed by atoms with E-state index in [1.807, 2.05) is 12.1 Å². The monoisotopic (exact) mass is 218 g/mol. The van der Waals surface area contributed by atoms with Gasteiger partial charge < -0.3 is 4.74 Å². The molecule has 1 nitrogen and oxygen atoms in total. The van der Waals surface area contributed by atoms with Crippen LogP contribution in [0.4, 0.5) is 0 Å². The molecule has 0 aliphatic rings. The second-order valence-electron chi connectivity index (χ2n) is 4.22. The molecule has 16 heavy (non-hydrogen) atoms. The second-order valence-corrected chi connectivity index (χ2v) is 4.22. The van der Waals surface area contributed by atoms with Crippen LogP contribution in [0.3, 0.4) is 0 Å². The predicted molar refractivity (Wildman–Crippen MR) is 70.8 cm³/mol. The van der Waals surface area contributed by atoms with Gasteiger partial charge in [-0.2, -0.15) is 0 Å². The lowest BCUT2D eigenvalue weighted by Gasteiger charge is -2.03. The summed E-state index contributed by atoms with van der Waals surface area (Å²) in [4.78, 5) is 0. The molecule has 1 aromatic carbocycles. The molecule has 0 fully saturated rings. The first-order valence-electron chi connectivity index (χ1n) is 6.07. The van der Waals surface area contributed by atoms with Gasteiger partial charge in [-0.15, -0.1) is 0 Å². The Balaban J connectivity index is 2.58. The zero-order valence-electron chi connectivity index (χ0n) is 10.6. The molecule has 0 saturated carbocycles. The van der Waals surface area contributed by atoms with Crippen LogP contribution in [0, 0.1) is 0 Å². The van der Waals surface area contributed by atoms with Gasteiger partial charge >= 0.3 is 0 Å². The van der Waals surface area contributed by atoms with Crippen LogP contribution in [0.25, 0.3) is 6.08 Å². The van der Waals surface area contributed by atoms with Gasteiger partial charge in [-0.05, 0) is 37.5 Å². The quantitative estimate of drug-likeness (QED) is 0.630. The summed E-state index contributed by atoms with van der Waals surface area (Å²) in [6.07, 6.45) is 7.35. The summed E-state index contributed by atoms with van der Waals surface area (Å²) in [5, 5.41) is 0. The topological polar surface area (TPSA) is 9.23 Å². The Morgan fingerprint density at radius 3 is 2.81 bits per heavy atom. The van der Waals surface area contributed by atoms with Crippen molar-refractivity contribution in [3.05, 3.63) is 35.4 Å². The zero-order chi connectivity index (χ0) is 11.8. The van der Waals surface area contributed by atoms with Crippen molar-refractivity contribution in [2.75, 3.05) is 7.11 Å². The maximum Gasteiger partial charge on any atom is 0.119 e. The van der Waals surface area contributed by atoms with Crippen LogP contribution in [-0.4, -0.2) is 7.11 Å². The van der Waals surface area contributed by atoms with E-state index < -0.39 is 0 Å². The van der Waals surface area contributed by atoms with E-state index in [4.69, 9.17) is 4.74 Å². The van der Waals surface area contributed by atoms with Gasteiger partial charge in [-0.25, -0.2) is 0 Å². The lowest BCUT2D eigenvalue weighted by Crippen LogP contribution is -1.84. The van der Waals surface area contributed by atoms with Crippen LogP contribution in [-0.2, 0) is 0 Å². The van der Waals surface area contributed by atoms with Crippen molar-refractivity contribution >= 4 is 6.08 Å². The Morgan fingerprint density at radius 2 is 2.12 bits per heavy atom. The van der Waals surface area contributed by atoms with Crippen LogP contribution in [0.15, 0.2) is 29.8 Å². The minimum Gasteiger partial charge on any atom is -0.497 e. The molecule has 0 spiro atoms. The normalized spacial score (nSPS) is 11.6. The van der Waals surface area contributed by atoms with Crippen molar-refractivity contribution in [1.82, 2.24) is 0 Å². The molecule has 1 rings (SSSR count). The Hall–Kier alpha value is -1.24. The van der Waals surface area contributed by atoms with E-state index in [1.165, 1.54) is 36.8 Å². The molecule has 0 aliphatic carbocycles. The molecule has 0 heterocycles. The molecule has 0 atom stereocenters. The van der Waals surface area contributed by atoms with E-state index in [9.17, 15) is 0 Å². The predicted octanol–water partition coefficient (Wildman–Crippen LogP) is 4.68. The van der Waals surface area contributed by atoms with Crippen LogP contribution < -0.4 is 4.74 Å². The number of benzene rings is 1. The number of hydrogen-bond donors (Lipinski definition) is 0. The first kappa shape index (κ1) is 12.8. The first-order valence-corrected chi connectivity index (χ1v) is 6.07. The smallest absolute Gasteiger partial charge is 0.119 e. The van der Waals surface area contributed by atoms with E-state index in [0.717, 1.165) is 5.75 Å². The molecule has 0 amide bonds. The summed E-state index contributed by atoms with van der Waals surface area (Å²) in [5.41, 5.74) is 2.68. The Morgan fingerprint density at radius 1 is 1.31 bits per heavy atom. The van der Waals surface area contributed by atoms with Gasteiger partial charge in [0.2, 0.25) is 0 Å². The minimum atomic E-state index is 0.926. The molecular weight excluding hydrogens is 196 g/mol. The third-order valence-corrected chi connectivity index (χ3v) is 2.68. The van der Waals surface area contributed by atoms with Crippen LogP contribution in [0.2, 0.25) is 0 Å². The molecule has 0 aromatic heterocycles. The van der Waals surface area contributed by atoms with E-state index in [2.05, 4.69) is 32.1 Å². The minimum absolute atomic E-state index is 0.926. The summed E-state index contributed by atoms with van der Waals surface area (Å²) < 4.78 is 5.21. The van der Waals surface area contributed by atoms with E-state index in [1.54, 1.807) is 7.11 Å². The lowest BCUT2D eigenvalue weighted by molar-refractivity contribution is 0.414. The SMILES string of the molecule is CCCCC/C(C)=C/c1cccc(OC)c1. The lowest BCUT2D eigenvalue weighted by atomic mass is 10.1. The van der Waals surface area contributed by atoms with Gasteiger partial charge in [-0.3, -0.25) is 0 Å². The highest BCUT2D eigenvalue weighted by Gasteiger charge is 1.94. The van der Waals surface area contributed by atoms with Gasteiger partial charge in [0.25, 0.3) is 0 Å². The zero-order valence-corrected chi connectivity index (χ0v) is 10.6. The van der Waals surface area contributed by atoms with Gasteiger partial charge in [0.15, 0.2) is 0 Å². The van der Waals surface area contributed by atoms with Crippen molar-refractivity contribution in [1.29, 1.82) is 0 Å². The van der Waals surface area contributed by atoms with Crippen molar-refractivity contribution in [2.24, 2.45) is 0 Å². The number of methoxy groups -OCH3 is 1. The Kier molecular flexibility index (Phi) is 5.69. The van der Waals surface area contributed by atoms with E-state index in [-0.39, 0.29) is 0 Å². The Labute approximate surface area is 99.1 Å². The largest absolute Gasteiger partial charge is 0.497 e. The molecule has 0 radical (unpaired) electrons. The van der Waals surface area contributed by atoms with Gasteiger partial charge in [0.1, 0.15) is 5.75 Å². The van der Waals surface area contributed by atoms with Gasteiger partial charge in [0.05, 0.1) is 7.11 Å². The molecule has 1 aromatic rings. The fraction of sp³-hybridized carbons (Fsp3) is 0.467. The fourth-order valence-electron chi connectivity index (χ4n) is 1.74. The summed E-state index contributed by atoms with van der Waals surface area (Å²) in [6, 6.07) is 8.20. The van der Waals surface area contributed by atoms with E-state index >= 15 is 0 Å². The Bertz CT molecular complexity index is 339. The maximum atomic E-state index is 5.21. The average Bonchev–Trinajstić information content (AvgIpc) is 2.29. The van der Waals surface area contributed by atoms with Crippen LogP contribution in [0.1, 0.15) is 45.1 Å². The van der Waals surface area contributed by atoms with Crippen molar-refractivity contribution in [3.63, 3.8) is 0 Å². The molecule has 0 saturated heterocycles. The number of ether oxygens (including phenoxy) is 1. The molecular formula is C15H22O. The molecule has 0 unspecified atom stereocenters. The van der Waals surface area contributed by atoms with Gasteiger partial charge in [0, 0.05) is 0 Å². The molecule has 0 bridgehead atoms. The van der Waals surface area contributed by atoms with Crippen LogP contribution >= 0.6 is 0 Å². The molecule has 88 valence electrons. The number of rotatable bonds is 6. The van der Waals surface area contributed by atoms with Crippen molar-refractivity contribution < 1.29 is 4.74 Å². The third-order valence-electron chi connectivity index (χ3n) is 2.68. The summed E-state index contributed by atoms with van der Waals surface area (Å²) >= 11 is 0. The number of unbranched alkanes of at least 4 members (excludes halogenated alkanes) is 2. The average molecular weight is 218 g/mol. The summed E-state index contributed by atoms with van der Waals surface area (Å²) in [5.74, 6) is 0.926. The first-order chi connectivity index (χ1) is 7.76. The van der Waals surface area contributed by atoms with Crippen molar-refractivity contribution in [3.8, 4) is 5.75 Å². The van der Waals surface area contributed by atoms with Gasteiger partial charge in [-0.1, -0.05) is 43.5 Å². The maximum absolute atomic E-state index is 5.21. The third kappa shape index (κ3) is 4.52. The fourth-order valence-corrected chi connectivity index (χ4v) is 1.74. The molecule has 0 aliphatic heterocycles. The summed E-state index contributed by atoms with van der Waals surface area (Å²) in [6.45, 7) is 4.44.